The Morgan fingerprint density at radius 1 is 1.25 bits per heavy atom. The Balaban J connectivity index is 1.52. The maximum Gasteiger partial charge on any atom is 0.251 e. The Morgan fingerprint density at radius 2 is 2.09 bits per heavy atom. The molecule has 2 heterocycles. The number of aliphatic hydroxyl groups is 1. The summed E-state index contributed by atoms with van der Waals surface area (Å²) >= 11 is 5.71. The van der Waals surface area contributed by atoms with Crippen molar-refractivity contribution in [3.8, 4) is 0 Å². The average Bonchev–Trinajstić information content (AvgIpc) is 2.80. The Labute approximate surface area is 188 Å². The first-order valence-electron chi connectivity index (χ1n) is 10.2. The number of benzene rings is 2. The number of anilines is 1. The Bertz CT molecular complexity index is 1130. The third-order valence-corrected chi connectivity index (χ3v) is 5.74. The highest BCUT2D eigenvalue weighted by molar-refractivity contribution is 6.30. The van der Waals surface area contributed by atoms with Crippen LogP contribution in [0.1, 0.15) is 28.4 Å². The van der Waals surface area contributed by atoms with Gasteiger partial charge in [-0.25, -0.2) is 13.8 Å². The Morgan fingerprint density at radius 3 is 2.84 bits per heavy atom. The van der Waals surface area contributed by atoms with E-state index in [-0.39, 0.29) is 17.7 Å². The lowest BCUT2D eigenvalue weighted by Gasteiger charge is -2.27. The van der Waals surface area contributed by atoms with E-state index >= 15 is 0 Å². The number of hydrogen-bond acceptors (Lipinski definition) is 5. The Kier molecular flexibility index (Phi) is 6.83. The van der Waals surface area contributed by atoms with Gasteiger partial charge in [-0.05, 0) is 47.7 Å². The molecule has 0 aliphatic carbocycles. The van der Waals surface area contributed by atoms with Gasteiger partial charge < -0.3 is 20.5 Å². The fourth-order valence-corrected chi connectivity index (χ4v) is 3.74. The van der Waals surface area contributed by atoms with Crippen molar-refractivity contribution in [2.24, 2.45) is 0 Å². The first kappa shape index (κ1) is 22.4. The van der Waals surface area contributed by atoms with Crippen LogP contribution in [0.5, 0.6) is 0 Å². The number of nitrogens with zero attached hydrogens (tertiary/aromatic N) is 1. The van der Waals surface area contributed by atoms with Gasteiger partial charge in [-0.2, -0.15) is 0 Å². The number of nitrogens with one attached hydrogen (secondary N) is 2. The molecule has 1 fully saturated rings. The summed E-state index contributed by atoms with van der Waals surface area (Å²) in [6.07, 6.45) is 1.07. The molecule has 3 atom stereocenters. The van der Waals surface area contributed by atoms with Crippen LogP contribution in [0.25, 0.3) is 10.8 Å². The van der Waals surface area contributed by atoms with E-state index in [2.05, 4.69) is 15.6 Å². The largest absolute Gasteiger partial charge is 0.394 e. The van der Waals surface area contributed by atoms with E-state index in [1.807, 2.05) is 0 Å². The van der Waals surface area contributed by atoms with Crippen molar-refractivity contribution in [1.82, 2.24) is 10.3 Å². The highest BCUT2D eigenvalue weighted by atomic mass is 35.5. The quantitative estimate of drug-likeness (QED) is 0.516. The number of halogens is 3. The van der Waals surface area contributed by atoms with E-state index in [1.54, 1.807) is 36.5 Å². The number of ether oxygens (including phenoxy) is 1. The van der Waals surface area contributed by atoms with Crippen molar-refractivity contribution in [2.75, 3.05) is 25.1 Å². The van der Waals surface area contributed by atoms with Crippen LogP contribution in [0.2, 0.25) is 5.02 Å². The second-order valence-electron chi connectivity index (χ2n) is 7.64. The van der Waals surface area contributed by atoms with E-state index < -0.39 is 30.5 Å². The predicted octanol–water partition coefficient (Wildman–Crippen LogP) is 4.03. The molecule has 1 amide bonds. The van der Waals surface area contributed by atoms with Gasteiger partial charge in [0.15, 0.2) is 0 Å². The normalized spacial score (nSPS) is 19.5. The zero-order chi connectivity index (χ0) is 22.7. The molecule has 0 bridgehead atoms. The van der Waals surface area contributed by atoms with Gasteiger partial charge in [-0.3, -0.25) is 4.79 Å². The molecular weight excluding hydrogens is 440 g/mol. The number of aromatic nitrogens is 1. The summed E-state index contributed by atoms with van der Waals surface area (Å²) in [6.45, 7) is 0.131. The van der Waals surface area contributed by atoms with E-state index in [0.29, 0.717) is 30.0 Å². The van der Waals surface area contributed by atoms with E-state index in [4.69, 9.17) is 16.3 Å². The second kappa shape index (κ2) is 9.77. The van der Waals surface area contributed by atoms with Crippen LogP contribution >= 0.6 is 11.6 Å². The average molecular weight is 462 g/mol. The zero-order valence-electron chi connectivity index (χ0n) is 17.0. The van der Waals surface area contributed by atoms with E-state index in [1.165, 1.54) is 12.1 Å². The lowest BCUT2D eigenvalue weighted by Crippen LogP contribution is -2.39. The number of carbonyl (C=O) groups is 1. The first-order valence-corrected chi connectivity index (χ1v) is 10.6. The molecule has 1 aliphatic heterocycles. The molecule has 0 saturated carbocycles. The summed E-state index contributed by atoms with van der Waals surface area (Å²) in [7, 11) is 0. The number of rotatable bonds is 6. The van der Waals surface area contributed by atoms with Crippen molar-refractivity contribution in [1.29, 1.82) is 0 Å². The summed E-state index contributed by atoms with van der Waals surface area (Å²) in [5.74, 6) is -0.550. The van der Waals surface area contributed by atoms with Crippen molar-refractivity contribution in [3.63, 3.8) is 0 Å². The number of pyridine rings is 1. The molecule has 1 saturated heterocycles. The molecule has 1 aliphatic rings. The fraction of sp³-hybridized carbons (Fsp3) is 0.304. The zero-order valence-corrected chi connectivity index (χ0v) is 17.8. The summed E-state index contributed by atoms with van der Waals surface area (Å²) < 4.78 is 32.9. The van der Waals surface area contributed by atoms with Gasteiger partial charge in [0.05, 0.1) is 30.3 Å². The molecule has 4 rings (SSSR count). The summed E-state index contributed by atoms with van der Waals surface area (Å²) in [4.78, 5) is 17.1. The molecule has 9 heteroatoms. The molecule has 0 unspecified atom stereocenters. The number of fused-ring (bicyclic) bond motifs is 1. The van der Waals surface area contributed by atoms with E-state index in [9.17, 15) is 18.7 Å². The minimum Gasteiger partial charge on any atom is -0.394 e. The molecule has 3 N–H and O–H groups in total. The van der Waals surface area contributed by atoms with Gasteiger partial charge in [0.2, 0.25) is 0 Å². The number of hydrogen-bond donors (Lipinski definition) is 3. The highest BCUT2D eigenvalue weighted by Crippen LogP contribution is 2.23. The van der Waals surface area contributed by atoms with Crippen LogP contribution in [0.4, 0.5) is 14.6 Å². The first-order chi connectivity index (χ1) is 15.4. The van der Waals surface area contributed by atoms with Gasteiger partial charge in [-0.15, -0.1) is 0 Å². The fourth-order valence-electron chi connectivity index (χ4n) is 3.62. The van der Waals surface area contributed by atoms with Crippen LogP contribution < -0.4 is 10.6 Å². The molecule has 6 nitrogen and oxygen atoms in total. The predicted molar refractivity (Wildman–Crippen MR) is 118 cm³/mol. The summed E-state index contributed by atoms with van der Waals surface area (Å²) in [5.41, 5.74) is 0.758. The molecule has 3 aromatic rings. The van der Waals surface area contributed by atoms with Crippen molar-refractivity contribution < 1.29 is 23.4 Å². The molecule has 1 aromatic heterocycles. The van der Waals surface area contributed by atoms with E-state index in [0.717, 1.165) is 10.8 Å². The monoisotopic (exact) mass is 461 g/mol. The molecule has 0 radical (unpaired) electrons. The maximum absolute atomic E-state index is 14.0. The molecule has 32 heavy (non-hydrogen) atoms. The van der Waals surface area contributed by atoms with Crippen molar-refractivity contribution in [3.05, 3.63) is 70.6 Å². The smallest absolute Gasteiger partial charge is 0.251 e. The highest BCUT2D eigenvalue weighted by Gasteiger charge is 2.25. The second-order valence-corrected chi connectivity index (χ2v) is 8.05. The lowest BCUT2D eigenvalue weighted by atomic mass is 10.0. The number of alkyl halides is 1. The van der Waals surface area contributed by atoms with Gasteiger partial charge in [0.25, 0.3) is 5.91 Å². The SMILES string of the molecule is O=C(N[C@H](CO)c1ccc(Cl)c(F)c1)c1ccc2cnc(N[C@H]3CCOC[C@H]3F)cc2c1. The third kappa shape index (κ3) is 4.98. The van der Waals surface area contributed by atoms with Crippen LogP contribution in [-0.2, 0) is 4.74 Å². The summed E-state index contributed by atoms with van der Waals surface area (Å²) in [5, 5.41) is 17.0. The lowest BCUT2D eigenvalue weighted by molar-refractivity contribution is 0.0285. The number of amides is 1. The Hall–Kier alpha value is -2.81. The molecule has 0 spiro atoms. The third-order valence-electron chi connectivity index (χ3n) is 5.44. The standard InChI is InChI=1S/C23H22ClF2N3O3/c24-17-4-3-13(8-18(17)25)21(11-30)29-23(31)14-1-2-15-10-27-22(9-16(15)7-14)28-20-5-6-32-12-19(20)26/h1-4,7-10,19-21,30H,5-6,11-12H2,(H,27,28)(H,29,31)/t19-,20+,21-/m1/s1. The van der Waals surface area contributed by atoms with Crippen molar-refractivity contribution in [2.45, 2.75) is 24.7 Å². The summed E-state index contributed by atoms with van der Waals surface area (Å²) in [6, 6.07) is 9.76. The van der Waals surface area contributed by atoms with Gasteiger partial charge in [-0.1, -0.05) is 23.7 Å². The van der Waals surface area contributed by atoms with Gasteiger partial charge >= 0.3 is 0 Å². The van der Waals surface area contributed by atoms with Crippen LogP contribution in [0.3, 0.4) is 0 Å². The van der Waals surface area contributed by atoms with Crippen LogP contribution in [-0.4, -0.2) is 48.0 Å². The van der Waals surface area contributed by atoms with Gasteiger partial charge in [0, 0.05) is 23.8 Å². The van der Waals surface area contributed by atoms with Gasteiger partial charge in [0.1, 0.15) is 17.8 Å². The van der Waals surface area contributed by atoms with Crippen LogP contribution in [0.15, 0.2) is 48.7 Å². The minimum absolute atomic E-state index is 0.0378. The minimum atomic E-state index is -1.12. The number of aliphatic hydroxyl groups excluding tert-OH is 1. The molecule has 2 aromatic carbocycles. The number of carbonyl (C=O) groups excluding carboxylic acids is 1. The maximum atomic E-state index is 14.0. The topological polar surface area (TPSA) is 83.5 Å². The van der Waals surface area contributed by atoms with Crippen LogP contribution in [0, 0.1) is 5.82 Å². The molecule has 168 valence electrons. The molecular formula is C23H22ClF2N3O3. The van der Waals surface area contributed by atoms with Crippen molar-refractivity contribution >= 4 is 34.1 Å².